The fourth-order valence-electron chi connectivity index (χ4n) is 1.59. The number of hydrogen-bond donors (Lipinski definition) is 1. The molecule has 3 heteroatoms. The molecule has 1 atom stereocenters. The van der Waals surface area contributed by atoms with E-state index in [9.17, 15) is 5.11 Å². The maximum absolute atomic E-state index is 9.82. The van der Waals surface area contributed by atoms with E-state index >= 15 is 0 Å². The van der Waals surface area contributed by atoms with Crippen LogP contribution in [0.4, 0.5) is 0 Å². The molecule has 0 bridgehead atoms. The first-order chi connectivity index (χ1) is 6.34. The Morgan fingerprint density at radius 1 is 1.46 bits per heavy atom. The largest absolute Gasteiger partial charge is 0.392 e. The lowest BCUT2D eigenvalue weighted by atomic mass is 9.95. The summed E-state index contributed by atoms with van der Waals surface area (Å²) in [6.07, 6.45) is 3.16. The van der Waals surface area contributed by atoms with E-state index in [1.54, 1.807) is 0 Å². The average molecular weight is 204 g/mol. The van der Waals surface area contributed by atoms with Crippen LogP contribution in [0, 0.1) is 5.92 Å². The van der Waals surface area contributed by atoms with Crippen LogP contribution in [0.25, 0.3) is 0 Å². The Hall–Kier alpha value is 0.270. The Bertz CT molecular complexity index is 124. The zero-order valence-corrected chi connectivity index (χ0v) is 9.18. The summed E-state index contributed by atoms with van der Waals surface area (Å²) < 4.78 is 5.26. The van der Waals surface area contributed by atoms with Crippen molar-refractivity contribution in [3.63, 3.8) is 0 Å². The van der Waals surface area contributed by atoms with Gasteiger partial charge in [-0.2, -0.15) is 11.8 Å². The first-order valence-electron chi connectivity index (χ1n) is 5.18. The fourth-order valence-corrected chi connectivity index (χ4v) is 2.55. The second-order valence-corrected chi connectivity index (χ2v) is 4.74. The van der Waals surface area contributed by atoms with Crippen LogP contribution in [0.3, 0.4) is 0 Å². The normalized spacial score (nSPS) is 21.7. The number of rotatable bonds is 5. The Balaban J connectivity index is 2.09. The smallest absolute Gasteiger partial charge is 0.0660 e. The fraction of sp³-hybridized carbons (Fsp3) is 1.00. The molecule has 1 rings (SSSR count). The van der Waals surface area contributed by atoms with Crippen molar-refractivity contribution in [2.24, 2.45) is 5.92 Å². The molecule has 1 aliphatic heterocycles. The number of hydrogen-bond acceptors (Lipinski definition) is 3. The van der Waals surface area contributed by atoms with Gasteiger partial charge in [0.15, 0.2) is 0 Å². The Kier molecular flexibility index (Phi) is 5.83. The summed E-state index contributed by atoms with van der Waals surface area (Å²) in [5, 5.41) is 9.82. The lowest BCUT2D eigenvalue weighted by molar-refractivity contribution is 0.0169. The quantitative estimate of drug-likeness (QED) is 0.694. The van der Waals surface area contributed by atoms with Crippen LogP contribution >= 0.6 is 11.8 Å². The molecule has 1 unspecified atom stereocenters. The standard InChI is InChI=1S/C10H20O2S/c1-2-7-13-8-10(11)9-3-5-12-6-4-9/h9-11H,2-8H2,1H3. The highest BCUT2D eigenvalue weighted by molar-refractivity contribution is 7.99. The molecule has 0 aromatic carbocycles. The van der Waals surface area contributed by atoms with Gasteiger partial charge in [0.1, 0.15) is 0 Å². The highest BCUT2D eigenvalue weighted by atomic mass is 32.2. The predicted octanol–water partition coefficient (Wildman–Crippen LogP) is 1.92. The minimum absolute atomic E-state index is 0.111. The van der Waals surface area contributed by atoms with Gasteiger partial charge in [0.25, 0.3) is 0 Å². The molecule has 13 heavy (non-hydrogen) atoms. The molecule has 2 nitrogen and oxygen atoms in total. The van der Waals surface area contributed by atoms with Gasteiger partial charge in [-0.05, 0) is 30.9 Å². The monoisotopic (exact) mass is 204 g/mol. The van der Waals surface area contributed by atoms with Crippen molar-refractivity contribution in [3.05, 3.63) is 0 Å². The van der Waals surface area contributed by atoms with Crippen molar-refractivity contribution in [2.45, 2.75) is 32.3 Å². The van der Waals surface area contributed by atoms with Gasteiger partial charge < -0.3 is 9.84 Å². The maximum Gasteiger partial charge on any atom is 0.0660 e. The zero-order chi connectivity index (χ0) is 9.52. The SMILES string of the molecule is CCCSCC(O)C1CCOCC1. The molecule has 0 aliphatic carbocycles. The molecule has 0 spiro atoms. The summed E-state index contributed by atoms with van der Waals surface area (Å²) in [4.78, 5) is 0. The third-order valence-electron chi connectivity index (χ3n) is 2.45. The molecule has 1 aliphatic rings. The molecule has 1 N–H and O–H groups in total. The maximum atomic E-state index is 9.82. The minimum Gasteiger partial charge on any atom is -0.392 e. The Morgan fingerprint density at radius 3 is 2.77 bits per heavy atom. The van der Waals surface area contributed by atoms with E-state index in [4.69, 9.17) is 4.74 Å². The molecular weight excluding hydrogens is 184 g/mol. The molecule has 1 heterocycles. The van der Waals surface area contributed by atoms with Crippen molar-refractivity contribution in [1.29, 1.82) is 0 Å². The number of ether oxygens (including phenoxy) is 1. The molecule has 1 fully saturated rings. The molecule has 0 saturated carbocycles. The summed E-state index contributed by atoms with van der Waals surface area (Å²) in [6, 6.07) is 0. The molecule has 0 amide bonds. The van der Waals surface area contributed by atoms with E-state index in [1.165, 1.54) is 12.2 Å². The summed E-state index contributed by atoms with van der Waals surface area (Å²) in [7, 11) is 0. The first-order valence-corrected chi connectivity index (χ1v) is 6.33. The highest BCUT2D eigenvalue weighted by Crippen LogP contribution is 2.21. The van der Waals surface area contributed by atoms with Crippen molar-refractivity contribution in [2.75, 3.05) is 24.7 Å². The van der Waals surface area contributed by atoms with E-state index in [1.807, 2.05) is 11.8 Å². The van der Waals surface area contributed by atoms with Gasteiger partial charge in [-0.15, -0.1) is 0 Å². The van der Waals surface area contributed by atoms with Gasteiger partial charge in [-0.3, -0.25) is 0 Å². The van der Waals surface area contributed by atoms with Crippen LogP contribution in [-0.2, 0) is 4.74 Å². The third kappa shape index (κ3) is 4.34. The Morgan fingerprint density at radius 2 is 2.15 bits per heavy atom. The van der Waals surface area contributed by atoms with Gasteiger partial charge in [0.05, 0.1) is 6.10 Å². The second kappa shape index (κ2) is 6.68. The number of aliphatic hydroxyl groups is 1. The van der Waals surface area contributed by atoms with E-state index in [0.717, 1.165) is 31.8 Å². The summed E-state index contributed by atoms with van der Waals surface area (Å²) in [5.74, 6) is 2.55. The average Bonchev–Trinajstić information content (AvgIpc) is 2.19. The molecule has 1 saturated heterocycles. The van der Waals surface area contributed by atoms with Crippen LogP contribution in [0.2, 0.25) is 0 Å². The van der Waals surface area contributed by atoms with E-state index in [2.05, 4.69) is 6.92 Å². The van der Waals surface area contributed by atoms with Gasteiger partial charge >= 0.3 is 0 Å². The minimum atomic E-state index is -0.111. The van der Waals surface area contributed by atoms with E-state index in [-0.39, 0.29) is 6.10 Å². The number of thioether (sulfide) groups is 1. The zero-order valence-electron chi connectivity index (χ0n) is 8.37. The van der Waals surface area contributed by atoms with Crippen molar-refractivity contribution in [1.82, 2.24) is 0 Å². The van der Waals surface area contributed by atoms with E-state index < -0.39 is 0 Å². The van der Waals surface area contributed by atoms with Crippen LogP contribution < -0.4 is 0 Å². The molecule has 78 valence electrons. The van der Waals surface area contributed by atoms with Crippen LogP contribution in [-0.4, -0.2) is 35.9 Å². The molecule has 0 radical (unpaired) electrons. The van der Waals surface area contributed by atoms with Crippen molar-refractivity contribution in [3.8, 4) is 0 Å². The number of aliphatic hydroxyl groups excluding tert-OH is 1. The van der Waals surface area contributed by atoms with Gasteiger partial charge in [-0.25, -0.2) is 0 Å². The Labute approximate surface area is 85.0 Å². The summed E-state index contributed by atoms with van der Waals surface area (Å²) in [6.45, 7) is 3.84. The van der Waals surface area contributed by atoms with Crippen molar-refractivity contribution < 1.29 is 9.84 Å². The third-order valence-corrected chi connectivity index (χ3v) is 3.72. The van der Waals surface area contributed by atoms with Gasteiger partial charge in [0.2, 0.25) is 0 Å². The van der Waals surface area contributed by atoms with Gasteiger partial charge in [0, 0.05) is 19.0 Å². The predicted molar refractivity (Wildman–Crippen MR) is 57.2 cm³/mol. The lowest BCUT2D eigenvalue weighted by Gasteiger charge is -2.26. The van der Waals surface area contributed by atoms with Gasteiger partial charge in [-0.1, -0.05) is 6.92 Å². The van der Waals surface area contributed by atoms with Crippen molar-refractivity contribution >= 4 is 11.8 Å². The lowest BCUT2D eigenvalue weighted by Crippen LogP contribution is -2.29. The summed E-state index contributed by atoms with van der Waals surface area (Å²) in [5.41, 5.74) is 0. The highest BCUT2D eigenvalue weighted by Gasteiger charge is 2.21. The van der Waals surface area contributed by atoms with Crippen LogP contribution in [0.5, 0.6) is 0 Å². The molecule has 0 aromatic rings. The van der Waals surface area contributed by atoms with Crippen LogP contribution in [0.1, 0.15) is 26.2 Å². The molecule has 0 aromatic heterocycles. The topological polar surface area (TPSA) is 29.5 Å². The van der Waals surface area contributed by atoms with Crippen LogP contribution in [0.15, 0.2) is 0 Å². The van der Waals surface area contributed by atoms with E-state index in [0.29, 0.717) is 5.92 Å². The summed E-state index contributed by atoms with van der Waals surface area (Å²) >= 11 is 1.86. The molecular formula is C10H20O2S. The second-order valence-electron chi connectivity index (χ2n) is 3.59. The first kappa shape index (κ1) is 11.3.